The standard InChI is InChI=1S/C15H15ClN2O3/c1-2-12(11-5-3-4-6-15(11)19)17-13-9-10(16)7-8-14(13)18(20)21/h3-9,12,17,19H,2H2,1H3. The lowest BCUT2D eigenvalue weighted by atomic mass is 10.0. The molecule has 0 aliphatic carbocycles. The molecule has 110 valence electrons. The third-order valence-electron chi connectivity index (χ3n) is 3.21. The first-order valence-corrected chi connectivity index (χ1v) is 6.89. The van der Waals surface area contributed by atoms with Crippen LogP contribution in [-0.2, 0) is 0 Å². The maximum Gasteiger partial charge on any atom is 0.292 e. The van der Waals surface area contributed by atoms with Crippen LogP contribution in [0.4, 0.5) is 11.4 Å². The summed E-state index contributed by atoms with van der Waals surface area (Å²) in [5.41, 5.74) is 0.977. The van der Waals surface area contributed by atoms with E-state index in [4.69, 9.17) is 11.6 Å². The SMILES string of the molecule is CCC(Nc1cc(Cl)ccc1[N+](=O)[O-])c1ccccc1O. The molecular formula is C15H15ClN2O3. The monoisotopic (exact) mass is 306 g/mol. The van der Waals surface area contributed by atoms with Crippen LogP contribution in [0.3, 0.4) is 0 Å². The number of para-hydroxylation sites is 1. The van der Waals surface area contributed by atoms with E-state index in [2.05, 4.69) is 5.32 Å². The highest BCUT2D eigenvalue weighted by Crippen LogP contribution is 2.34. The van der Waals surface area contributed by atoms with Crippen molar-refractivity contribution in [1.82, 2.24) is 0 Å². The van der Waals surface area contributed by atoms with Crippen molar-refractivity contribution in [2.75, 3.05) is 5.32 Å². The van der Waals surface area contributed by atoms with Crippen molar-refractivity contribution in [1.29, 1.82) is 0 Å². The Morgan fingerprint density at radius 1 is 1.33 bits per heavy atom. The van der Waals surface area contributed by atoms with Gasteiger partial charge in [0.2, 0.25) is 0 Å². The zero-order valence-corrected chi connectivity index (χ0v) is 12.2. The highest BCUT2D eigenvalue weighted by molar-refractivity contribution is 6.31. The van der Waals surface area contributed by atoms with E-state index in [9.17, 15) is 15.2 Å². The lowest BCUT2D eigenvalue weighted by molar-refractivity contribution is -0.384. The number of benzene rings is 2. The third kappa shape index (κ3) is 3.44. The fourth-order valence-corrected chi connectivity index (χ4v) is 2.32. The smallest absolute Gasteiger partial charge is 0.292 e. The highest BCUT2D eigenvalue weighted by Gasteiger charge is 2.19. The summed E-state index contributed by atoms with van der Waals surface area (Å²) in [6.45, 7) is 1.93. The summed E-state index contributed by atoms with van der Waals surface area (Å²) in [7, 11) is 0. The van der Waals surface area contributed by atoms with E-state index in [-0.39, 0.29) is 17.5 Å². The Morgan fingerprint density at radius 2 is 2.05 bits per heavy atom. The molecule has 1 atom stereocenters. The van der Waals surface area contributed by atoms with Crippen molar-refractivity contribution in [2.24, 2.45) is 0 Å². The maximum absolute atomic E-state index is 11.1. The molecule has 0 saturated carbocycles. The molecule has 2 aromatic carbocycles. The maximum atomic E-state index is 11.1. The number of nitrogens with zero attached hydrogens (tertiary/aromatic N) is 1. The van der Waals surface area contributed by atoms with Crippen LogP contribution in [0.1, 0.15) is 24.9 Å². The fraction of sp³-hybridized carbons (Fsp3) is 0.200. The number of nitrogens with one attached hydrogen (secondary N) is 1. The minimum atomic E-state index is -0.462. The number of anilines is 1. The van der Waals surface area contributed by atoms with Crippen molar-refractivity contribution < 1.29 is 10.0 Å². The zero-order chi connectivity index (χ0) is 15.4. The zero-order valence-electron chi connectivity index (χ0n) is 11.4. The van der Waals surface area contributed by atoms with E-state index in [0.29, 0.717) is 22.7 Å². The second kappa shape index (κ2) is 6.45. The van der Waals surface area contributed by atoms with Crippen LogP contribution >= 0.6 is 11.6 Å². The summed E-state index contributed by atoms with van der Waals surface area (Å²) >= 11 is 5.91. The number of hydrogen-bond acceptors (Lipinski definition) is 4. The Balaban J connectivity index is 2.37. The second-order valence-electron chi connectivity index (χ2n) is 4.58. The molecule has 1 unspecified atom stereocenters. The largest absolute Gasteiger partial charge is 0.508 e. The summed E-state index contributed by atoms with van der Waals surface area (Å²) in [5.74, 6) is 0.154. The van der Waals surface area contributed by atoms with Gasteiger partial charge in [-0.05, 0) is 24.6 Å². The van der Waals surface area contributed by atoms with Crippen molar-refractivity contribution >= 4 is 23.0 Å². The number of nitro groups is 1. The number of phenolic OH excluding ortho intramolecular Hbond substituents is 1. The summed E-state index contributed by atoms with van der Waals surface area (Å²) in [6, 6.07) is 11.0. The van der Waals surface area contributed by atoms with Crippen LogP contribution in [0.2, 0.25) is 5.02 Å². The van der Waals surface area contributed by atoms with Gasteiger partial charge in [-0.15, -0.1) is 0 Å². The molecule has 0 heterocycles. The molecule has 2 aromatic rings. The molecule has 0 amide bonds. The minimum Gasteiger partial charge on any atom is -0.508 e. The Kier molecular flexibility index (Phi) is 4.65. The normalized spacial score (nSPS) is 11.9. The molecule has 0 fully saturated rings. The molecule has 6 heteroatoms. The predicted octanol–water partition coefficient (Wildman–Crippen LogP) is 4.52. The molecule has 0 aliphatic heterocycles. The Bertz CT molecular complexity index is 661. The van der Waals surface area contributed by atoms with Crippen molar-refractivity contribution in [3.05, 3.63) is 63.2 Å². The lowest BCUT2D eigenvalue weighted by Crippen LogP contribution is -2.11. The molecule has 21 heavy (non-hydrogen) atoms. The van der Waals surface area contributed by atoms with Gasteiger partial charge in [-0.1, -0.05) is 36.7 Å². The average Bonchev–Trinajstić information content (AvgIpc) is 2.45. The van der Waals surface area contributed by atoms with Crippen LogP contribution in [0.15, 0.2) is 42.5 Å². The Hall–Kier alpha value is -2.27. The molecular weight excluding hydrogens is 292 g/mol. The summed E-state index contributed by atoms with van der Waals surface area (Å²) < 4.78 is 0. The van der Waals surface area contributed by atoms with E-state index in [1.54, 1.807) is 18.2 Å². The van der Waals surface area contributed by atoms with Crippen LogP contribution in [0.5, 0.6) is 5.75 Å². The van der Waals surface area contributed by atoms with Gasteiger partial charge in [0.15, 0.2) is 0 Å². The first kappa shape index (κ1) is 15.1. The van der Waals surface area contributed by atoms with Gasteiger partial charge in [0.25, 0.3) is 5.69 Å². The van der Waals surface area contributed by atoms with E-state index >= 15 is 0 Å². The highest BCUT2D eigenvalue weighted by atomic mass is 35.5. The topological polar surface area (TPSA) is 75.4 Å². The van der Waals surface area contributed by atoms with E-state index in [1.165, 1.54) is 18.2 Å². The summed E-state index contributed by atoms with van der Waals surface area (Å²) in [4.78, 5) is 10.6. The van der Waals surface area contributed by atoms with Gasteiger partial charge in [-0.3, -0.25) is 10.1 Å². The minimum absolute atomic E-state index is 0.0479. The molecule has 2 N–H and O–H groups in total. The van der Waals surface area contributed by atoms with Gasteiger partial charge in [0.05, 0.1) is 11.0 Å². The van der Waals surface area contributed by atoms with Gasteiger partial charge in [-0.2, -0.15) is 0 Å². The number of phenols is 1. The van der Waals surface area contributed by atoms with E-state index < -0.39 is 4.92 Å². The van der Waals surface area contributed by atoms with Crippen LogP contribution in [-0.4, -0.2) is 10.0 Å². The number of aromatic hydroxyl groups is 1. The molecule has 2 rings (SSSR count). The predicted molar refractivity (Wildman–Crippen MR) is 82.9 cm³/mol. The van der Waals surface area contributed by atoms with Gasteiger partial charge in [0.1, 0.15) is 11.4 Å². The van der Waals surface area contributed by atoms with Gasteiger partial charge in [0, 0.05) is 16.7 Å². The first-order valence-electron chi connectivity index (χ1n) is 6.51. The van der Waals surface area contributed by atoms with Gasteiger partial charge < -0.3 is 10.4 Å². The van der Waals surface area contributed by atoms with Crippen LogP contribution < -0.4 is 5.32 Å². The first-order chi connectivity index (χ1) is 10.0. The molecule has 0 bridgehead atoms. The molecule has 0 saturated heterocycles. The van der Waals surface area contributed by atoms with E-state index in [1.807, 2.05) is 13.0 Å². The second-order valence-corrected chi connectivity index (χ2v) is 5.02. The number of nitro benzene ring substituents is 1. The summed E-state index contributed by atoms with van der Waals surface area (Å²) in [5, 5.41) is 24.5. The van der Waals surface area contributed by atoms with Gasteiger partial charge in [-0.25, -0.2) is 0 Å². The van der Waals surface area contributed by atoms with Crippen molar-refractivity contribution in [2.45, 2.75) is 19.4 Å². The number of hydrogen-bond donors (Lipinski definition) is 2. The fourth-order valence-electron chi connectivity index (χ4n) is 2.15. The van der Waals surface area contributed by atoms with Crippen molar-refractivity contribution in [3.63, 3.8) is 0 Å². The summed E-state index contributed by atoms with van der Waals surface area (Å²) in [6.07, 6.45) is 0.654. The third-order valence-corrected chi connectivity index (χ3v) is 3.44. The Labute approximate surface area is 127 Å². The molecule has 0 radical (unpaired) electrons. The average molecular weight is 307 g/mol. The van der Waals surface area contributed by atoms with Crippen LogP contribution in [0, 0.1) is 10.1 Å². The Morgan fingerprint density at radius 3 is 2.67 bits per heavy atom. The van der Waals surface area contributed by atoms with Gasteiger partial charge >= 0.3 is 0 Å². The number of halogens is 1. The molecule has 0 aromatic heterocycles. The van der Waals surface area contributed by atoms with Crippen LogP contribution in [0.25, 0.3) is 0 Å². The molecule has 0 aliphatic rings. The lowest BCUT2D eigenvalue weighted by Gasteiger charge is -2.19. The number of rotatable bonds is 5. The molecule has 0 spiro atoms. The van der Waals surface area contributed by atoms with Crippen molar-refractivity contribution in [3.8, 4) is 5.75 Å². The quantitative estimate of drug-likeness (QED) is 0.629. The molecule has 5 nitrogen and oxygen atoms in total. The van der Waals surface area contributed by atoms with E-state index in [0.717, 1.165) is 0 Å².